The Balaban J connectivity index is 1.76. The number of carbonyl (C=O) groups is 2. The Hall–Kier alpha value is -3.00. The maximum absolute atomic E-state index is 13.3. The Morgan fingerprint density at radius 3 is 2.69 bits per heavy atom. The smallest absolute Gasteiger partial charge is 0.272 e. The van der Waals surface area contributed by atoms with Crippen molar-refractivity contribution in [1.29, 1.82) is 0 Å². The SMILES string of the molecule is CC(C)(C)CC(=O)Nc1c[nH]c2c(C(=O)NCc3ccc(F)c(Cl)c3)ncnc12. The summed E-state index contributed by atoms with van der Waals surface area (Å²) in [6.45, 7) is 6.07. The van der Waals surface area contributed by atoms with Gasteiger partial charge in [0.25, 0.3) is 5.91 Å². The molecule has 3 aromatic rings. The summed E-state index contributed by atoms with van der Waals surface area (Å²) in [6, 6.07) is 4.23. The number of halogens is 2. The van der Waals surface area contributed by atoms with E-state index >= 15 is 0 Å². The first kappa shape index (κ1) is 20.7. The van der Waals surface area contributed by atoms with Gasteiger partial charge in [-0.2, -0.15) is 0 Å². The van der Waals surface area contributed by atoms with E-state index in [0.717, 1.165) is 0 Å². The van der Waals surface area contributed by atoms with Gasteiger partial charge in [-0.05, 0) is 23.1 Å². The van der Waals surface area contributed by atoms with E-state index in [1.807, 2.05) is 20.8 Å². The zero-order valence-corrected chi connectivity index (χ0v) is 17.0. The fourth-order valence-corrected chi connectivity index (χ4v) is 3.00. The number of hydrogen-bond donors (Lipinski definition) is 3. The van der Waals surface area contributed by atoms with E-state index in [4.69, 9.17) is 11.6 Å². The summed E-state index contributed by atoms with van der Waals surface area (Å²) in [5.74, 6) is -1.10. The van der Waals surface area contributed by atoms with E-state index in [2.05, 4.69) is 25.6 Å². The molecular formula is C20H21ClFN5O2. The molecule has 29 heavy (non-hydrogen) atoms. The van der Waals surface area contributed by atoms with Gasteiger partial charge >= 0.3 is 0 Å². The van der Waals surface area contributed by atoms with Crippen LogP contribution in [-0.4, -0.2) is 26.8 Å². The molecule has 2 amide bonds. The molecule has 0 bridgehead atoms. The maximum Gasteiger partial charge on any atom is 0.272 e. The molecule has 9 heteroatoms. The molecule has 3 N–H and O–H groups in total. The highest BCUT2D eigenvalue weighted by molar-refractivity contribution is 6.30. The van der Waals surface area contributed by atoms with Gasteiger partial charge in [-0.25, -0.2) is 14.4 Å². The second-order valence-electron chi connectivity index (χ2n) is 7.86. The number of nitrogens with one attached hydrogen (secondary N) is 3. The van der Waals surface area contributed by atoms with E-state index < -0.39 is 11.7 Å². The third kappa shape index (κ3) is 5.08. The minimum Gasteiger partial charge on any atom is -0.356 e. The van der Waals surface area contributed by atoms with Crippen molar-refractivity contribution >= 4 is 40.1 Å². The number of fused-ring (bicyclic) bond motifs is 1. The summed E-state index contributed by atoms with van der Waals surface area (Å²) in [5.41, 5.74) is 1.97. The van der Waals surface area contributed by atoms with Gasteiger partial charge in [0.2, 0.25) is 5.91 Å². The number of rotatable bonds is 5. The predicted octanol–water partition coefficient (Wildman–Crippen LogP) is 4.06. The van der Waals surface area contributed by atoms with E-state index in [1.54, 1.807) is 6.20 Å². The van der Waals surface area contributed by atoms with Crippen molar-refractivity contribution in [3.63, 3.8) is 0 Å². The maximum atomic E-state index is 13.3. The summed E-state index contributed by atoms with van der Waals surface area (Å²) in [6.07, 6.45) is 3.19. The van der Waals surface area contributed by atoms with Gasteiger partial charge < -0.3 is 15.6 Å². The van der Waals surface area contributed by atoms with Gasteiger partial charge in [0.05, 0.1) is 16.2 Å². The third-order valence-corrected chi connectivity index (χ3v) is 4.37. The molecule has 7 nitrogen and oxygen atoms in total. The number of aromatic nitrogens is 3. The van der Waals surface area contributed by atoms with E-state index in [-0.39, 0.29) is 28.6 Å². The molecule has 2 heterocycles. The van der Waals surface area contributed by atoms with Crippen molar-refractivity contribution in [3.8, 4) is 0 Å². The van der Waals surface area contributed by atoms with Crippen LogP contribution in [0.2, 0.25) is 5.02 Å². The van der Waals surface area contributed by atoms with Crippen LogP contribution in [0.15, 0.2) is 30.7 Å². The molecule has 0 aliphatic carbocycles. The average Bonchev–Trinajstić information content (AvgIpc) is 3.03. The monoisotopic (exact) mass is 417 g/mol. The Bertz CT molecular complexity index is 1070. The van der Waals surface area contributed by atoms with Crippen LogP contribution in [0.5, 0.6) is 0 Å². The molecule has 1 aromatic carbocycles. The van der Waals surface area contributed by atoms with Crippen molar-refractivity contribution in [3.05, 3.63) is 52.8 Å². The standard InChI is InChI=1S/C20H21ClFN5O2/c1-20(2,3)7-15(28)27-14-9-23-17-16(14)25-10-26-18(17)19(29)24-8-11-4-5-13(22)12(21)6-11/h4-6,9-10,23H,7-8H2,1-3H3,(H,24,29)(H,27,28). The number of carbonyl (C=O) groups excluding carboxylic acids is 2. The lowest BCUT2D eigenvalue weighted by molar-refractivity contribution is -0.117. The zero-order chi connectivity index (χ0) is 21.2. The van der Waals surface area contributed by atoms with Crippen LogP contribution in [0.3, 0.4) is 0 Å². The van der Waals surface area contributed by atoms with Crippen molar-refractivity contribution < 1.29 is 14.0 Å². The molecule has 0 fully saturated rings. The molecule has 2 aromatic heterocycles. The molecule has 0 radical (unpaired) electrons. The average molecular weight is 418 g/mol. The highest BCUT2D eigenvalue weighted by Crippen LogP contribution is 2.25. The number of H-pyrrole nitrogens is 1. The van der Waals surface area contributed by atoms with Crippen LogP contribution < -0.4 is 10.6 Å². The van der Waals surface area contributed by atoms with Gasteiger partial charge in [-0.1, -0.05) is 38.4 Å². The van der Waals surface area contributed by atoms with Crippen LogP contribution in [0.25, 0.3) is 11.0 Å². The first-order chi connectivity index (χ1) is 13.6. The molecule has 0 saturated carbocycles. The van der Waals surface area contributed by atoms with Crippen LogP contribution in [0.4, 0.5) is 10.1 Å². The minimum absolute atomic E-state index is 0.0128. The van der Waals surface area contributed by atoms with Crippen LogP contribution >= 0.6 is 11.6 Å². The highest BCUT2D eigenvalue weighted by Gasteiger charge is 2.20. The van der Waals surface area contributed by atoms with Crippen molar-refractivity contribution in [2.75, 3.05) is 5.32 Å². The molecule has 0 aliphatic heterocycles. The van der Waals surface area contributed by atoms with Gasteiger partial charge in [-0.3, -0.25) is 9.59 Å². The van der Waals surface area contributed by atoms with Crippen molar-refractivity contribution in [2.45, 2.75) is 33.7 Å². The Labute approximate surface area is 172 Å². The van der Waals surface area contributed by atoms with Crippen molar-refractivity contribution in [2.24, 2.45) is 5.41 Å². The minimum atomic E-state index is -0.522. The number of amides is 2. The predicted molar refractivity (Wildman–Crippen MR) is 109 cm³/mol. The number of nitrogens with zero attached hydrogens (tertiary/aromatic N) is 2. The number of benzene rings is 1. The second-order valence-corrected chi connectivity index (χ2v) is 8.27. The lowest BCUT2D eigenvalue weighted by Crippen LogP contribution is -2.24. The highest BCUT2D eigenvalue weighted by atomic mass is 35.5. The first-order valence-corrected chi connectivity index (χ1v) is 9.36. The number of anilines is 1. The van der Waals surface area contributed by atoms with Gasteiger partial charge in [0.15, 0.2) is 5.69 Å². The second kappa shape index (κ2) is 8.16. The van der Waals surface area contributed by atoms with Crippen LogP contribution in [0.1, 0.15) is 43.2 Å². The quantitative estimate of drug-likeness (QED) is 0.583. The molecular weight excluding hydrogens is 397 g/mol. The number of hydrogen-bond acceptors (Lipinski definition) is 4. The fourth-order valence-electron chi connectivity index (χ4n) is 2.80. The van der Waals surface area contributed by atoms with E-state index in [0.29, 0.717) is 28.7 Å². The molecule has 0 unspecified atom stereocenters. The van der Waals surface area contributed by atoms with Crippen LogP contribution in [-0.2, 0) is 11.3 Å². The molecule has 3 rings (SSSR count). The zero-order valence-electron chi connectivity index (χ0n) is 16.3. The Morgan fingerprint density at radius 1 is 1.24 bits per heavy atom. The van der Waals surface area contributed by atoms with E-state index in [9.17, 15) is 14.0 Å². The topological polar surface area (TPSA) is 99.8 Å². The lowest BCUT2D eigenvalue weighted by atomic mass is 9.92. The van der Waals surface area contributed by atoms with Crippen molar-refractivity contribution in [1.82, 2.24) is 20.3 Å². The summed E-state index contributed by atoms with van der Waals surface area (Å²) < 4.78 is 13.3. The lowest BCUT2D eigenvalue weighted by Gasteiger charge is -2.16. The van der Waals surface area contributed by atoms with Gasteiger partial charge in [0, 0.05) is 19.2 Å². The van der Waals surface area contributed by atoms with Gasteiger partial charge in [-0.15, -0.1) is 0 Å². The molecule has 0 spiro atoms. The summed E-state index contributed by atoms with van der Waals surface area (Å²) in [5, 5.41) is 5.52. The normalized spacial score (nSPS) is 11.5. The largest absolute Gasteiger partial charge is 0.356 e. The van der Waals surface area contributed by atoms with E-state index in [1.165, 1.54) is 24.5 Å². The summed E-state index contributed by atoms with van der Waals surface area (Å²) >= 11 is 5.76. The molecule has 0 saturated heterocycles. The molecule has 0 aliphatic rings. The molecule has 152 valence electrons. The molecule has 0 atom stereocenters. The Kier molecular flexibility index (Phi) is 5.83. The third-order valence-electron chi connectivity index (χ3n) is 4.08. The van der Waals surface area contributed by atoms with Crippen LogP contribution in [0, 0.1) is 11.2 Å². The fraction of sp³-hybridized carbons (Fsp3) is 0.300. The first-order valence-electron chi connectivity index (χ1n) is 8.98. The Morgan fingerprint density at radius 2 is 2.00 bits per heavy atom. The summed E-state index contributed by atoms with van der Waals surface area (Å²) in [4.78, 5) is 36.0. The van der Waals surface area contributed by atoms with Gasteiger partial charge in [0.1, 0.15) is 17.7 Å². The summed E-state index contributed by atoms with van der Waals surface area (Å²) in [7, 11) is 0. The number of aromatic amines is 1.